The summed E-state index contributed by atoms with van der Waals surface area (Å²) in [6, 6.07) is 0.289. The van der Waals surface area contributed by atoms with Crippen LogP contribution in [-0.2, 0) is 6.54 Å². The number of fused-ring (bicyclic) bond motifs is 4. The van der Waals surface area contributed by atoms with Gasteiger partial charge in [-0.05, 0) is 6.42 Å². The fourth-order valence-corrected chi connectivity index (χ4v) is 3.95. The topological polar surface area (TPSA) is 91.6 Å². The third-order valence-corrected chi connectivity index (χ3v) is 5.54. The minimum Gasteiger partial charge on any atom is -0.503 e. The average Bonchev–Trinajstić information content (AvgIpc) is 2.87. The Hall–Kier alpha value is -3.37. The molecule has 11 heteroatoms. The highest BCUT2D eigenvalue weighted by Crippen LogP contribution is 2.32. The lowest BCUT2D eigenvalue weighted by molar-refractivity contribution is 0.0677. The number of pyridine rings is 1. The van der Waals surface area contributed by atoms with E-state index in [9.17, 15) is 37.1 Å². The number of alkyl halides is 1. The molecule has 31 heavy (non-hydrogen) atoms. The second-order valence-electron chi connectivity index (χ2n) is 7.53. The van der Waals surface area contributed by atoms with Gasteiger partial charge in [-0.1, -0.05) is 0 Å². The molecule has 3 heterocycles. The maximum absolute atomic E-state index is 14.1. The maximum atomic E-state index is 14.1. The van der Waals surface area contributed by atoms with Crippen LogP contribution in [0, 0.1) is 17.5 Å². The summed E-state index contributed by atoms with van der Waals surface area (Å²) in [5.41, 5.74) is -2.67. The number of benzene rings is 1. The Bertz CT molecular complexity index is 1130. The van der Waals surface area contributed by atoms with Gasteiger partial charge in [0.2, 0.25) is 5.43 Å². The zero-order valence-electron chi connectivity index (χ0n) is 16.0. The van der Waals surface area contributed by atoms with Gasteiger partial charge in [-0.25, -0.2) is 17.6 Å². The lowest BCUT2D eigenvalue weighted by Crippen LogP contribution is -2.44. The minimum atomic E-state index is -1.22. The summed E-state index contributed by atoms with van der Waals surface area (Å²) in [6.45, 7) is -0.399. The van der Waals surface area contributed by atoms with Crippen molar-refractivity contribution in [2.45, 2.75) is 31.6 Å². The number of rotatable bonds is 3. The van der Waals surface area contributed by atoms with Crippen molar-refractivity contribution in [3.63, 3.8) is 0 Å². The second-order valence-corrected chi connectivity index (χ2v) is 7.53. The first-order chi connectivity index (χ1) is 14.7. The molecule has 0 unspecified atom stereocenters. The third kappa shape index (κ3) is 3.64. The second kappa shape index (κ2) is 7.71. The van der Waals surface area contributed by atoms with E-state index in [4.69, 9.17) is 0 Å². The van der Waals surface area contributed by atoms with Crippen LogP contribution >= 0.6 is 0 Å². The molecule has 0 saturated carbocycles. The van der Waals surface area contributed by atoms with E-state index in [1.165, 1.54) is 9.47 Å². The van der Waals surface area contributed by atoms with E-state index >= 15 is 0 Å². The molecule has 1 aromatic heterocycles. The summed E-state index contributed by atoms with van der Waals surface area (Å²) in [6.07, 6.45) is -0.0324. The fraction of sp³-hybridized carbons (Fsp3) is 0.350. The molecular formula is C20H17F4N3O4. The number of aromatic nitrogens is 1. The molecule has 1 fully saturated rings. The van der Waals surface area contributed by atoms with Gasteiger partial charge in [0.15, 0.2) is 11.4 Å². The van der Waals surface area contributed by atoms with E-state index in [0.29, 0.717) is 12.1 Å². The van der Waals surface area contributed by atoms with Crippen molar-refractivity contribution < 1.29 is 32.3 Å². The third-order valence-electron chi connectivity index (χ3n) is 5.54. The van der Waals surface area contributed by atoms with Crippen molar-refractivity contribution in [1.29, 1.82) is 0 Å². The average molecular weight is 439 g/mol. The van der Waals surface area contributed by atoms with E-state index < -0.39 is 70.3 Å². The van der Waals surface area contributed by atoms with Crippen LogP contribution in [0.4, 0.5) is 17.6 Å². The van der Waals surface area contributed by atoms with Gasteiger partial charge in [-0.2, -0.15) is 0 Å². The molecule has 0 aliphatic carbocycles. The molecule has 2 aromatic rings. The number of carbonyl (C=O) groups is 2. The predicted molar refractivity (Wildman–Crippen MR) is 98.9 cm³/mol. The first kappa shape index (κ1) is 20.9. The molecule has 1 aromatic carbocycles. The number of nitrogens with one attached hydrogen (secondary N) is 1. The van der Waals surface area contributed by atoms with Gasteiger partial charge in [0.05, 0.1) is 6.04 Å². The quantitative estimate of drug-likeness (QED) is 0.716. The van der Waals surface area contributed by atoms with Crippen molar-refractivity contribution in [3.8, 4) is 5.75 Å². The number of hydrogen-bond acceptors (Lipinski definition) is 4. The first-order valence-corrected chi connectivity index (χ1v) is 9.50. The lowest BCUT2D eigenvalue weighted by Gasteiger charge is -2.34. The lowest BCUT2D eigenvalue weighted by atomic mass is 10.0. The number of carbonyl (C=O) groups excluding carboxylic acids is 2. The molecule has 164 valence electrons. The Morgan fingerprint density at radius 3 is 2.55 bits per heavy atom. The number of hydrogen-bond donors (Lipinski definition) is 2. The monoisotopic (exact) mass is 439 g/mol. The van der Waals surface area contributed by atoms with Crippen LogP contribution in [-0.4, -0.2) is 45.6 Å². The van der Waals surface area contributed by atoms with E-state index in [2.05, 4.69) is 5.32 Å². The highest BCUT2D eigenvalue weighted by Gasteiger charge is 2.38. The van der Waals surface area contributed by atoms with Gasteiger partial charge in [0.1, 0.15) is 29.2 Å². The normalized spacial score (nSPS) is 20.3. The molecular weight excluding hydrogens is 422 g/mol. The molecule has 2 aliphatic heterocycles. The highest BCUT2D eigenvalue weighted by atomic mass is 19.1. The van der Waals surface area contributed by atoms with Crippen molar-refractivity contribution in [1.82, 2.24) is 14.8 Å². The molecule has 0 spiro atoms. The van der Waals surface area contributed by atoms with Crippen LogP contribution in [0.3, 0.4) is 0 Å². The molecule has 1 saturated heterocycles. The van der Waals surface area contributed by atoms with Crippen molar-refractivity contribution in [3.05, 3.63) is 62.8 Å². The van der Waals surface area contributed by atoms with Crippen LogP contribution in [0.5, 0.6) is 5.75 Å². The van der Waals surface area contributed by atoms with Crippen LogP contribution in [0.2, 0.25) is 0 Å². The van der Waals surface area contributed by atoms with Gasteiger partial charge in [0, 0.05) is 49.9 Å². The Kier molecular flexibility index (Phi) is 5.19. The van der Waals surface area contributed by atoms with Crippen molar-refractivity contribution in [2.75, 3.05) is 13.1 Å². The summed E-state index contributed by atoms with van der Waals surface area (Å²) >= 11 is 0. The minimum absolute atomic E-state index is 0.0200. The van der Waals surface area contributed by atoms with Gasteiger partial charge >= 0.3 is 0 Å². The van der Waals surface area contributed by atoms with E-state index in [1.807, 2.05) is 0 Å². The molecule has 2 atom stereocenters. The molecule has 2 bridgehead atoms. The zero-order valence-corrected chi connectivity index (χ0v) is 16.0. The van der Waals surface area contributed by atoms with E-state index in [0.717, 1.165) is 6.20 Å². The summed E-state index contributed by atoms with van der Waals surface area (Å²) in [7, 11) is 0. The summed E-state index contributed by atoms with van der Waals surface area (Å²) in [5.74, 6) is -6.25. The van der Waals surface area contributed by atoms with Gasteiger partial charge in [-0.15, -0.1) is 0 Å². The smallest absolute Gasteiger partial charge is 0.274 e. The zero-order chi connectivity index (χ0) is 22.4. The molecule has 2 N–H and O–H groups in total. The van der Waals surface area contributed by atoms with E-state index in [-0.39, 0.29) is 31.6 Å². The van der Waals surface area contributed by atoms with Gasteiger partial charge < -0.3 is 19.9 Å². The number of halogens is 4. The Balaban J connectivity index is 1.68. The summed E-state index contributed by atoms with van der Waals surface area (Å²) in [4.78, 5) is 39.0. The molecule has 2 amide bonds. The Morgan fingerprint density at radius 1 is 1.19 bits per heavy atom. The number of aromatic hydroxyl groups is 1. The standard InChI is InChI=1S/C20H17F4N3O4/c21-9-1-2-26-7-11(3-9)27-8-13(17(28)18(29)16(27)20(26)31)19(30)25-6-12-14(23)4-10(22)5-15(12)24/h4-5,8-9,11,29H,1-3,6-7H2,(H,25,30)/t9-,11+/m1/s1. The number of amides is 2. The van der Waals surface area contributed by atoms with E-state index in [1.54, 1.807) is 0 Å². The SMILES string of the molecule is O=C(NCc1c(F)cc(F)cc1F)c1cn2c(c(O)c1=O)C(=O)N1CC[C@@H](F)C[C@H]2C1. The van der Waals surface area contributed by atoms with Crippen molar-refractivity contribution >= 4 is 11.8 Å². The highest BCUT2D eigenvalue weighted by molar-refractivity contribution is 5.99. The van der Waals surface area contributed by atoms with Crippen LogP contribution in [0.1, 0.15) is 45.3 Å². The Morgan fingerprint density at radius 2 is 1.87 bits per heavy atom. The molecule has 0 radical (unpaired) electrons. The van der Waals surface area contributed by atoms with Crippen LogP contribution in [0.25, 0.3) is 0 Å². The number of nitrogens with zero attached hydrogens (tertiary/aromatic N) is 2. The Labute approximate surface area is 172 Å². The molecule has 4 rings (SSSR count). The first-order valence-electron chi connectivity index (χ1n) is 9.50. The van der Waals surface area contributed by atoms with Crippen molar-refractivity contribution in [2.24, 2.45) is 0 Å². The maximum Gasteiger partial charge on any atom is 0.274 e. The summed E-state index contributed by atoms with van der Waals surface area (Å²) in [5, 5.41) is 12.5. The summed E-state index contributed by atoms with van der Waals surface area (Å²) < 4.78 is 55.9. The molecule has 7 nitrogen and oxygen atoms in total. The van der Waals surface area contributed by atoms with Crippen LogP contribution < -0.4 is 10.7 Å². The predicted octanol–water partition coefficient (Wildman–Crippen LogP) is 2.03. The molecule has 2 aliphatic rings. The van der Waals surface area contributed by atoms with Crippen LogP contribution in [0.15, 0.2) is 23.1 Å². The van der Waals surface area contributed by atoms with Gasteiger partial charge in [0.25, 0.3) is 11.8 Å². The van der Waals surface area contributed by atoms with Gasteiger partial charge in [-0.3, -0.25) is 14.4 Å². The fourth-order valence-electron chi connectivity index (χ4n) is 3.95. The largest absolute Gasteiger partial charge is 0.503 e.